The minimum absolute atomic E-state index is 0.379. The van der Waals surface area contributed by atoms with Gasteiger partial charge >= 0.3 is 0 Å². The number of H-pyrrole nitrogens is 1. The fourth-order valence-electron chi connectivity index (χ4n) is 1.90. The van der Waals surface area contributed by atoms with Crippen molar-refractivity contribution in [3.63, 3.8) is 0 Å². The molecular weight excluding hydrogens is 230 g/mol. The monoisotopic (exact) mass is 245 g/mol. The molecule has 0 spiro atoms. The number of aromatic nitrogens is 3. The molecule has 0 amide bonds. The zero-order valence-electron chi connectivity index (χ0n) is 10.2. The number of hydrogen-bond donors (Lipinski definition) is 1. The van der Waals surface area contributed by atoms with Gasteiger partial charge in [0.15, 0.2) is 5.82 Å². The van der Waals surface area contributed by atoms with E-state index in [9.17, 15) is 0 Å². The fraction of sp³-hybridized carbons (Fsp3) is 0.308. The fourth-order valence-corrected chi connectivity index (χ4v) is 2.38. The van der Waals surface area contributed by atoms with Crippen LogP contribution in [-0.4, -0.2) is 15.0 Å². The molecule has 0 bridgehead atoms. The Balaban J connectivity index is 2.58. The summed E-state index contributed by atoms with van der Waals surface area (Å²) in [7, 11) is 0. The van der Waals surface area contributed by atoms with Gasteiger partial charge in [0.2, 0.25) is 0 Å². The number of rotatable bonds is 2. The number of aryl methyl sites for hydroxylation is 1. The van der Waals surface area contributed by atoms with E-state index < -0.39 is 0 Å². The van der Waals surface area contributed by atoms with Crippen molar-refractivity contribution >= 4 is 12.2 Å². The number of nitrogens with one attached hydrogen (secondary N) is 1. The first kappa shape index (κ1) is 11.9. The molecule has 0 radical (unpaired) electrons. The van der Waals surface area contributed by atoms with Crippen LogP contribution >= 0.6 is 12.2 Å². The van der Waals surface area contributed by atoms with Crippen molar-refractivity contribution in [2.24, 2.45) is 0 Å². The van der Waals surface area contributed by atoms with E-state index in [1.165, 1.54) is 0 Å². The maximum Gasteiger partial charge on any atom is 0.157 e. The summed E-state index contributed by atoms with van der Waals surface area (Å²) >= 11 is 5.34. The zero-order chi connectivity index (χ0) is 12.4. The highest BCUT2D eigenvalue weighted by Crippen LogP contribution is 2.21. The zero-order valence-corrected chi connectivity index (χ0v) is 11.0. The van der Waals surface area contributed by atoms with Crippen LogP contribution in [0.4, 0.5) is 0 Å². The minimum atomic E-state index is 0.379. The average molecular weight is 245 g/mol. The molecule has 2 heterocycles. The van der Waals surface area contributed by atoms with Gasteiger partial charge in [-0.25, -0.2) is 4.98 Å². The van der Waals surface area contributed by atoms with E-state index in [4.69, 9.17) is 12.2 Å². The Hall–Kier alpha value is -1.55. The third kappa shape index (κ3) is 2.42. The smallest absolute Gasteiger partial charge is 0.157 e. The van der Waals surface area contributed by atoms with Crippen LogP contribution < -0.4 is 0 Å². The highest BCUT2D eigenvalue weighted by Gasteiger charge is 2.10. The van der Waals surface area contributed by atoms with Crippen molar-refractivity contribution < 1.29 is 0 Å². The molecule has 0 saturated heterocycles. The molecule has 0 fully saturated rings. The van der Waals surface area contributed by atoms with Crippen LogP contribution in [0.25, 0.3) is 11.5 Å². The summed E-state index contributed by atoms with van der Waals surface area (Å²) < 4.78 is 0.664. The quantitative estimate of drug-likeness (QED) is 0.821. The summed E-state index contributed by atoms with van der Waals surface area (Å²) in [4.78, 5) is 12.0. The van der Waals surface area contributed by atoms with Crippen molar-refractivity contribution in [2.75, 3.05) is 0 Å². The Morgan fingerprint density at radius 2 is 2.06 bits per heavy atom. The van der Waals surface area contributed by atoms with E-state index >= 15 is 0 Å². The number of pyridine rings is 1. The van der Waals surface area contributed by atoms with Crippen molar-refractivity contribution in [1.82, 2.24) is 15.0 Å². The number of aromatic amines is 1. The first-order chi connectivity index (χ1) is 8.09. The Kier molecular flexibility index (Phi) is 3.33. The van der Waals surface area contributed by atoms with E-state index in [2.05, 4.69) is 28.8 Å². The molecule has 2 rings (SSSR count). The van der Waals surface area contributed by atoms with Crippen LogP contribution in [0.2, 0.25) is 0 Å². The van der Waals surface area contributed by atoms with Crippen LogP contribution in [0.5, 0.6) is 0 Å². The van der Waals surface area contributed by atoms with Gasteiger partial charge in [-0.15, -0.1) is 0 Å². The van der Waals surface area contributed by atoms with Gasteiger partial charge in [-0.1, -0.05) is 32.1 Å². The lowest BCUT2D eigenvalue weighted by Gasteiger charge is -2.11. The summed E-state index contributed by atoms with van der Waals surface area (Å²) in [5.41, 5.74) is 3.00. The van der Waals surface area contributed by atoms with E-state index in [-0.39, 0.29) is 0 Å². The van der Waals surface area contributed by atoms with Crippen molar-refractivity contribution in [3.8, 4) is 11.5 Å². The molecule has 0 atom stereocenters. The first-order valence-corrected chi connectivity index (χ1v) is 6.02. The molecule has 3 nitrogen and oxygen atoms in total. The predicted octanol–water partition coefficient (Wildman–Crippen LogP) is 3.63. The first-order valence-electron chi connectivity index (χ1n) is 5.62. The maximum absolute atomic E-state index is 5.34. The van der Waals surface area contributed by atoms with Crippen LogP contribution in [0.15, 0.2) is 24.4 Å². The van der Waals surface area contributed by atoms with Crippen LogP contribution in [0.3, 0.4) is 0 Å². The van der Waals surface area contributed by atoms with Crippen molar-refractivity contribution in [3.05, 3.63) is 40.3 Å². The van der Waals surface area contributed by atoms with Gasteiger partial charge in [-0.05, 0) is 25.0 Å². The summed E-state index contributed by atoms with van der Waals surface area (Å²) in [5, 5.41) is 0. The van der Waals surface area contributed by atoms with E-state index in [1.807, 2.05) is 25.1 Å². The minimum Gasteiger partial charge on any atom is -0.342 e. The second kappa shape index (κ2) is 4.75. The van der Waals surface area contributed by atoms with Crippen molar-refractivity contribution in [1.29, 1.82) is 0 Å². The number of hydrogen-bond acceptors (Lipinski definition) is 3. The highest BCUT2D eigenvalue weighted by atomic mass is 32.1. The third-order valence-corrected chi connectivity index (χ3v) is 2.95. The van der Waals surface area contributed by atoms with E-state index in [0.717, 1.165) is 22.8 Å². The molecule has 0 aromatic carbocycles. The van der Waals surface area contributed by atoms with Gasteiger partial charge in [0.1, 0.15) is 10.3 Å². The molecule has 0 unspecified atom stereocenters. The summed E-state index contributed by atoms with van der Waals surface area (Å²) in [6.07, 6.45) is 1.75. The molecule has 1 N–H and O–H groups in total. The van der Waals surface area contributed by atoms with Gasteiger partial charge in [0.25, 0.3) is 0 Å². The highest BCUT2D eigenvalue weighted by molar-refractivity contribution is 7.71. The maximum atomic E-state index is 5.34. The molecule has 0 aliphatic rings. The molecular formula is C13H15N3S. The van der Waals surface area contributed by atoms with Gasteiger partial charge < -0.3 is 4.98 Å². The van der Waals surface area contributed by atoms with Crippen LogP contribution in [-0.2, 0) is 0 Å². The SMILES string of the molecule is Cc1[nH]c(-c2ccccn2)nc(=S)c1C(C)C. The summed E-state index contributed by atoms with van der Waals surface area (Å²) in [6.45, 7) is 6.27. The largest absolute Gasteiger partial charge is 0.342 e. The Morgan fingerprint density at radius 3 is 2.59 bits per heavy atom. The molecule has 0 aliphatic carbocycles. The topological polar surface area (TPSA) is 41.6 Å². The number of nitrogens with zero attached hydrogens (tertiary/aromatic N) is 2. The van der Waals surface area contributed by atoms with Crippen LogP contribution in [0, 0.1) is 11.6 Å². The standard InChI is InChI=1S/C13H15N3S/c1-8(2)11-9(3)15-12(16-13(11)17)10-6-4-5-7-14-10/h4-8H,1-3H3,(H,15,16,17). The third-order valence-electron chi connectivity index (χ3n) is 2.64. The van der Waals surface area contributed by atoms with E-state index in [1.54, 1.807) is 6.20 Å². The van der Waals surface area contributed by atoms with Gasteiger partial charge in [-0.2, -0.15) is 0 Å². The van der Waals surface area contributed by atoms with Crippen LogP contribution in [0.1, 0.15) is 31.0 Å². The molecule has 17 heavy (non-hydrogen) atoms. The lowest BCUT2D eigenvalue weighted by atomic mass is 10.0. The Morgan fingerprint density at radius 1 is 1.29 bits per heavy atom. The molecule has 2 aromatic heterocycles. The van der Waals surface area contributed by atoms with Gasteiger partial charge in [0, 0.05) is 17.5 Å². The Labute approximate surface area is 106 Å². The van der Waals surface area contributed by atoms with Gasteiger partial charge in [0.05, 0.1) is 0 Å². The second-order valence-electron chi connectivity index (χ2n) is 4.30. The predicted molar refractivity (Wildman–Crippen MR) is 71.5 cm³/mol. The molecule has 0 saturated carbocycles. The Bertz CT molecular complexity index is 573. The summed E-state index contributed by atoms with van der Waals surface area (Å²) in [5.74, 6) is 1.11. The molecule has 2 aromatic rings. The molecule has 4 heteroatoms. The normalized spacial score (nSPS) is 10.8. The molecule has 88 valence electrons. The summed E-state index contributed by atoms with van der Waals surface area (Å²) in [6, 6.07) is 5.74. The van der Waals surface area contributed by atoms with E-state index in [0.29, 0.717) is 10.6 Å². The lowest BCUT2D eigenvalue weighted by Crippen LogP contribution is -2.02. The lowest BCUT2D eigenvalue weighted by molar-refractivity contribution is 0.824. The average Bonchev–Trinajstić information content (AvgIpc) is 2.28. The van der Waals surface area contributed by atoms with Gasteiger partial charge in [-0.3, -0.25) is 4.98 Å². The van der Waals surface area contributed by atoms with Crippen molar-refractivity contribution in [2.45, 2.75) is 26.7 Å². The second-order valence-corrected chi connectivity index (χ2v) is 4.69. The molecule has 0 aliphatic heterocycles.